The second kappa shape index (κ2) is 4.50. The highest BCUT2D eigenvalue weighted by atomic mass is 16.7. The largest absolute Gasteiger partial charge is 0.347 e. The van der Waals surface area contributed by atoms with Crippen molar-refractivity contribution in [2.45, 2.75) is 59.5 Å². The standard InChI is InChI=1S/C14H24O2/c1-8-6-9(2)13(10(3)7-8)14-15-11(4)12(5)16-14/h6,9-14H,7H2,1-5H3/t9-,10-,11+,12+,13-/m0/s1. The molecule has 0 saturated carbocycles. The molecule has 1 aliphatic heterocycles. The molecule has 1 heterocycles. The maximum atomic E-state index is 5.94. The van der Waals surface area contributed by atoms with Crippen molar-refractivity contribution >= 4 is 0 Å². The van der Waals surface area contributed by atoms with Gasteiger partial charge in [-0.15, -0.1) is 0 Å². The van der Waals surface area contributed by atoms with Gasteiger partial charge in [0.05, 0.1) is 12.2 Å². The van der Waals surface area contributed by atoms with Crippen molar-refractivity contribution in [3.8, 4) is 0 Å². The molecule has 0 aromatic rings. The molecular formula is C14H24O2. The number of rotatable bonds is 1. The Balaban J connectivity index is 2.09. The van der Waals surface area contributed by atoms with Crippen molar-refractivity contribution in [1.82, 2.24) is 0 Å². The molecule has 16 heavy (non-hydrogen) atoms. The molecule has 1 aliphatic carbocycles. The van der Waals surface area contributed by atoms with Crippen LogP contribution in [0.2, 0.25) is 0 Å². The van der Waals surface area contributed by atoms with Crippen LogP contribution in [0.1, 0.15) is 41.0 Å². The predicted octanol–water partition coefficient (Wildman–Crippen LogP) is 3.37. The molecule has 0 unspecified atom stereocenters. The van der Waals surface area contributed by atoms with E-state index in [0.29, 0.717) is 17.8 Å². The van der Waals surface area contributed by atoms with E-state index in [0.717, 1.165) is 0 Å². The van der Waals surface area contributed by atoms with Gasteiger partial charge in [0.2, 0.25) is 0 Å². The second-order valence-corrected chi connectivity index (χ2v) is 5.68. The minimum absolute atomic E-state index is 0.000602. The molecule has 1 saturated heterocycles. The summed E-state index contributed by atoms with van der Waals surface area (Å²) in [4.78, 5) is 0. The number of allylic oxidation sites excluding steroid dienone is 2. The van der Waals surface area contributed by atoms with Crippen molar-refractivity contribution in [1.29, 1.82) is 0 Å². The van der Waals surface area contributed by atoms with Gasteiger partial charge in [0, 0.05) is 5.92 Å². The Labute approximate surface area is 99.0 Å². The van der Waals surface area contributed by atoms with Crippen LogP contribution in [0.5, 0.6) is 0 Å². The average molecular weight is 224 g/mol. The quantitative estimate of drug-likeness (QED) is 0.636. The topological polar surface area (TPSA) is 18.5 Å². The molecule has 0 amide bonds. The van der Waals surface area contributed by atoms with Gasteiger partial charge in [-0.2, -0.15) is 0 Å². The molecule has 0 bridgehead atoms. The molecule has 0 aromatic heterocycles. The van der Waals surface area contributed by atoms with Gasteiger partial charge in [0.25, 0.3) is 0 Å². The van der Waals surface area contributed by atoms with E-state index >= 15 is 0 Å². The first-order valence-electron chi connectivity index (χ1n) is 6.47. The van der Waals surface area contributed by atoms with E-state index in [1.165, 1.54) is 12.0 Å². The summed E-state index contributed by atoms with van der Waals surface area (Å²) in [5.74, 6) is 1.73. The van der Waals surface area contributed by atoms with Gasteiger partial charge in [-0.25, -0.2) is 0 Å². The number of ether oxygens (including phenoxy) is 2. The minimum Gasteiger partial charge on any atom is -0.347 e. The van der Waals surface area contributed by atoms with Crippen LogP contribution in [0.3, 0.4) is 0 Å². The van der Waals surface area contributed by atoms with Crippen LogP contribution in [0.15, 0.2) is 11.6 Å². The van der Waals surface area contributed by atoms with Crippen molar-refractivity contribution in [3.05, 3.63) is 11.6 Å². The van der Waals surface area contributed by atoms with E-state index in [1.54, 1.807) is 0 Å². The summed E-state index contributed by atoms with van der Waals surface area (Å²) in [6.45, 7) is 11.0. The summed E-state index contributed by atoms with van der Waals surface area (Å²) >= 11 is 0. The molecule has 5 atom stereocenters. The fraction of sp³-hybridized carbons (Fsp3) is 0.857. The summed E-state index contributed by atoms with van der Waals surface area (Å²) in [5, 5.41) is 0. The number of hydrogen-bond donors (Lipinski definition) is 0. The van der Waals surface area contributed by atoms with E-state index in [1.807, 2.05) is 0 Å². The Morgan fingerprint density at radius 1 is 1.06 bits per heavy atom. The lowest BCUT2D eigenvalue weighted by Gasteiger charge is -2.36. The molecule has 0 aromatic carbocycles. The van der Waals surface area contributed by atoms with Crippen LogP contribution in [0, 0.1) is 17.8 Å². The predicted molar refractivity (Wildman–Crippen MR) is 65.1 cm³/mol. The highest BCUT2D eigenvalue weighted by molar-refractivity contribution is 5.09. The fourth-order valence-corrected chi connectivity index (χ4v) is 3.16. The molecule has 92 valence electrons. The van der Waals surface area contributed by atoms with Gasteiger partial charge >= 0.3 is 0 Å². The van der Waals surface area contributed by atoms with Crippen molar-refractivity contribution < 1.29 is 9.47 Å². The second-order valence-electron chi connectivity index (χ2n) is 5.68. The van der Waals surface area contributed by atoms with E-state index in [-0.39, 0.29) is 18.5 Å². The fourth-order valence-electron chi connectivity index (χ4n) is 3.16. The van der Waals surface area contributed by atoms with Crippen molar-refractivity contribution in [2.24, 2.45) is 17.8 Å². The summed E-state index contributed by atoms with van der Waals surface area (Å²) in [6.07, 6.45) is 4.03. The molecule has 2 nitrogen and oxygen atoms in total. The molecule has 0 radical (unpaired) electrons. The van der Waals surface area contributed by atoms with Crippen LogP contribution in [0.4, 0.5) is 0 Å². The van der Waals surface area contributed by atoms with Crippen LogP contribution >= 0.6 is 0 Å². The highest BCUT2D eigenvalue weighted by Gasteiger charge is 2.41. The van der Waals surface area contributed by atoms with Gasteiger partial charge in [-0.3, -0.25) is 0 Å². The van der Waals surface area contributed by atoms with Crippen molar-refractivity contribution in [2.75, 3.05) is 0 Å². The third-order valence-electron chi connectivity index (χ3n) is 4.13. The number of hydrogen-bond acceptors (Lipinski definition) is 2. The summed E-state index contributed by atoms with van der Waals surface area (Å²) in [7, 11) is 0. The molecule has 0 spiro atoms. The van der Waals surface area contributed by atoms with Gasteiger partial charge in [0.1, 0.15) is 0 Å². The molecular weight excluding hydrogens is 200 g/mol. The maximum Gasteiger partial charge on any atom is 0.162 e. The third-order valence-corrected chi connectivity index (χ3v) is 4.13. The van der Waals surface area contributed by atoms with Gasteiger partial charge in [0.15, 0.2) is 6.29 Å². The van der Waals surface area contributed by atoms with Gasteiger partial charge < -0.3 is 9.47 Å². The Morgan fingerprint density at radius 3 is 2.12 bits per heavy atom. The molecule has 2 rings (SSSR count). The van der Waals surface area contributed by atoms with Gasteiger partial charge in [-0.05, 0) is 39.0 Å². The van der Waals surface area contributed by atoms with E-state index < -0.39 is 0 Å². The van der Waals surface area contributed by atoms with E-state index in [2.05, 4.69) is 40.7 Å². The zero-order valence-electron chi connectivity index (χ0n) is 11.1. The smallest absolute Gasteiger partial charge is 0.162 e. The molecule has 1 fully saturated rings. The normalized spacial score (nSPS) is 45.8. The molecule has 0 N–H and O–H groups in total. The lowest BCUT2D eigenvalue weighted by molar-refractivity contribution is -0.125. The zero-order valence-corrected chi connectivity index (χ0v) is 11.1. The lowest BCUT2D eigenvalue weighted by Crippen LogP contribution is -2.35. The first-order valence-corrected chi connectivity index (χ1v) is 6.47. The van der Waals surface area contributed by atoms with Gasteiger partial charge in [-0.1, -0.05) is 25.5 Å². The molecule has 2 aliphatic rings. The Bertz CT molecular complexity index is 274. The first kappa shape index (κ1) is 12.1. The van der Waals surface area contributed by atoms with Crippen LogP contribution in [-0.2, 0) is 9.47 Å². The summed E-state index contributed by atoms with van der Waals surface area (Å²) < 4.78 is 11.9. The van der Waals surface area contributed by atoms with Crippen LogP contribution in [-0.4, -0.2) is 18.5 Å². The monoisotopic (exact) mass is 224 g/mol. The van der Waals surface area contributed by atoms with Crippen LogP contribution < -0.4 is 0 Å². The minimum atomic E-state index is -0.000602. The highest BCUT2D eigenvalue weighted by Crippen LogP contribution is 2.39. The third kappa shape index (κ3) is 2.18. The van der Waals surface area contributed by atoms with E-state index in [4.69, 9.17) is 9.47 Å². The summed E-state index contributed by atoms with van der Waals surface area (Å²) in [5.41, 5.74) is 1.51. The molecule has 2 heteroatoms. The van der Waals surface area contributed by atoms with Crippen molar-refractivity contribution in [3.63, 3.8) is 0 Å². The Morgan fingerprint density at radius 2 is 1.62 bits per heavy atom. The lowest BCUT2D eigenvalue weighted by atomic mass is 9.74. The first-order chi connectivity index (χ1) is 7.49. The SMILES string of the molecule is CC1=C[C@H](C)[C@H](C2O[C@H](C)[C@@H](C)O2)[C@@H](C)C1. The van der Waals surface area contributed by atoms with Crippen LogP contribution in [0.25, 0.3) is 0 Å². The zero-order chi connectivity index (χ0) is 11.9. The van der Waals surface area contributed by atoms with E-state index in [9.17, 15) is 0 Å². The average Bonchev–Trinajstić information content (AvgIpc) is 2.44. The Kier molecular flexibility index (Phi) is 3.41. The summed E-state index contributed by atoms with van der Waals surface area (Å²) in [6, 6.07) is 0. The Hall–Kier alpha value is -0.340. The maximum absolute atomic E-state index is 5.94.